The summed E-state index contributed by atoms with van der Waals surface area (Å²) in [4.78, 5) is 54.4. The minimum atomic E-state index is -0.855. The van der Waals surface area contributed by atoms with Gasteiger partial charge in [-0.3, -0.25) is 14.5 Å². The molecule has 4 aromatic rings. The van der Waals surface area contributed by atoms with Crippen LogP contribution in [-0.4, -0.2) is 45.6 Å². The van der Waals surface area contributed by atoms with E-state index in [0.29, 0.717) is 16.7 Å². The molecule has 0 bridgehead atoms. The van der Waals surface area contributed by atoms with Gasteiger partial charge in [-0.2, -0.15) is 0 Å². The van der Waals surface area contributed by atoms with E-state index in [-0.39, 0.29) is 11.1 Å². The Balaban J connectivity index is 1.31. The number of carbonyl (C=O) groups is 3. The van der Waals surface area contributed by atoms with E-state index in [0.717, 1.165) is 20.0 Å². The van der Waals surface area contributed by atoms with Crippen LogP contribution in [0.15, 0.2) is 123 Å². The van der Waals surface area contributed by atoms with Gasteiger partial charge in [-0.25, -0.2) is 9.59 Å². The number of nitrogens with zero attached hydrogens (tertiary/aromatic N) is 1. The summed E-state index contributed by atoms with van der Waals surface area (Å²) >= 11 is 4.31. The summed E-state index contributed by atoms with van der Waals surface area (Å²) in [6.45, 7) is 5.24. The van der Waals surface area contributed by atoms with Gasteiger partial charge < -0.3 is 14.8 Å². The highest BCUT2D eigenvalue weighted by Gasteiger charge is 2.54. The van der Waals surface area contributed by atoms with E-state index in [1.54, 1.807) is 32.9 Å². The topological polar surface area (TPSA) is 102 Å². The number of amides is 2. The fraction of sp³-hybridized carbons (Fsp3) is 0.222. The molecule has 2 aliphatic rings. The highest BCUT2D eigenvalue weighted by atomic mass is 32.2. The summed E-state index contributed by atoms with van der Waals surface area (Å²) in [5.41, 5.74) is 1.50. The minimum absolute atomic E-state index is 0.0580. The molecular formula is C36H32N2O6S3. The zero-order valence-electron chi connectivity index (χ0n) is 25.9. The Labute approximate surface area is 284 Å². The summed E-state index contributed by atoms with van der Waals surface area (Å²) < 4.78 is 13.3. The third-order valence-electron chi connectivity index (χ3n) is 7.36. The first-order chi connectivity index (χ1) is 22.6. The van der Waals surface area contributed by atoms with E-state index in [9.17, 15) is 19.2 Å². The van der Waals surface area contributed by atoms with Crippen molar-refractivity contribution in [3.05, 3.63) is 135 Å². The van der Waals surface area contributed by atoms with Crippen LogP contribution >= 0.6 is 34.9 Å². The van der Waals surface area contributed by atoms with Crippen molar-refractivity contribution in [2.24, 2.45) is 0 Å². The number of rotatable bonds is 8. The molecule has 3 heterocycles. The third-order valence-corrected chi connectivity index (χ3v) is 10.7. The quantitative estimate of drug-likeness (QED) is 0.118. The van der Waals surface area contributed by atoms with Gasteiger partial charge in [0.25, 0.3) is 5.91 Å². The maximum atomic E-state index is 14.2. The van der Waals surface area contributed by atoms with Crippen LogP contribution < -0.4 is 10.7 Å². The SMILES string of the molecule is CC(C)(C)OC(=O)NC1C(=O)N2C(C(=O)OC(c3ccccc3)c3ccccc3)=C(/C=C/Sc3cc(=O)c4ccccc4s3)CSC12. The van der Waals surface area contributed by atoms with Gasteiger partial charge in [-0.1, -0.05) is 84.6 Å². The highest BCUT2D eigenvalue weighted by molar-refractivity contribution is 8.04. The van der Waals surface area contributed by atoms with Gasteiger partial charge >= 0.3 is 12.1 Å². The molecule has 6 rings (SSSR count). The van der Waals surface area contributed by atoms with Crippen molar-refractivity contribution < 1.29 is 23.9 Å². The lowest BCUT2D eigenvalue weighted by Crippen LogP contribution is -2.70. The molecule has 240 valence electrons. The Hall–Kier alpha value is -4.32. The molecule has 2 amide bonds. The van der Waals surface area contributed by atoms with Gasteiger partial charge in [0.15, 0.2) is 11.5 Å². The van der Waals surface area contributed by atoms with Crippen LogP contribution in [-0.2, 0) is 19.1 Å². The number of ether oxygens (including phenoxy) is 2. The van der Waals surface area contributed by atoms with E-state index in [4.69, 9.17) is 9.47 Å². The maximum Gasteiger partial charge on any atom is 0.408 e. The summed E-state index contributed by atoms with van der Waals surface area (Å²) in [7, 11) is 0. The lowest BCUT2D eigenvalue weighted by Gasteiger charge is -2.49. The molecule has 1 aromatic heterocycles. The summed E-state index contributed by atoms with van der Waals surface area (Å²) in [6, 6.07) is 27.1. The van der Waals surface area contributed by atoms with Gasteiger partial charge in [0, 0.05) is 21.9 Å². The molecular weight excluding hydrogens is 653 g/mol. The van der Waals surface area contributed by atoms with E-state index in [1.165, 1.54) is 39.8 Å². The normalized spacial score (nSPS) is 17.9. The first-order valence-corrected chi connectivity index (χ1v) is 17.7. The monoisotopic (exact) mass is 684 g/mol. The lowest BCUT2D eigenvalue weighted by atomic mass is 10.0. The van der Waals surface area contributed by atoms with Crippen LogP contribution in [0.1, 0.15) is 38.0 Å². The molecule has 47 heavy (non-hydrogen) atoms. The van der Waals surface area contributed by atoms with Crippen molar-refractivity contribution in [2.45, 2.75) is 48.1 Å². The maximum absolute atomic E-state index is 14.2. The standard InChI is InChI=1S/C36H32N2O6S3/c1-36(2,3)44-35(42)37-29-32(40)38-30(34(41)43-31(22-12-6-4-7-13-22)23-14-8-5-9-15-23)24(21-46-33(29)38)18-19-45-28-20-26(39)25-16-10-11-17-27(25)47-28/h4-20,29,31,33H,21H2,1-3H3,(H,37,42)/b19-18+. The van der Waals surface area contributed by atoms with Gasteiger partial charge in [-0.05, 0) is 61.1 Å². The van der Waals surface area contributed by atoms with E-state index >= 15 is 0 Å². The van der Waals surface area contributed by atoms with Gasteiger partial charge in [0.05, 0.1) is 4.21 Å². The number of esters is 1. The Kier molecular flexibility index (Phi) is 9.58. The molecule has 2 unspecified atom stereocenters. The predicted octanol–water partition coefficient (Wildman–Crippen LogP) is 7.26. The fourth-order valence-electron chi connectivity index (χ4n) is 5.26. The number of β-lactam (4-membered cyclic amide) rings is 1. The summed E-state index contributed by atoms with van der Waals surface area (Å²) in [6.07, 6.45) is 0.375. The number of carbonyl (C=O) groups excluding carboxylic acids is 3. The molecule has 1 saturated heterocycles. The van der Waals surface area contributed by atoms with Crippen molar-refractivity contribution in [2.75, 3.05) is 5.75 Å². The molecule has 0 aliphatic carbocycles. The average molecular weight is 685 g/mol. The Morgan fingerprint density at radius 2 is 1.60 bits per heavy atom. The molecule has 2 aliphatic heterocycles. The molecule has 1 fully saturated rings. The number of hydrogen-bond acceptors (Lipinski definition) is 9. The largest absolute Gasteiger partial charge is 0.448 e. The minimum Gasteiger partial charge on any atom is -0.448 e. The van der Waals surface area contributed by atoms with E-state index in [1.807, 2.05) is 90.3 Å². The molecule has 11 heteroatoms. The number of benzene rings is 3. The first kappa shape index (κ1) is 32.6. The van der Waals surface area contributed by atoms with Crippen molar-refractivity contribution in [1.29, 1.82) is 0 Å². The fourth-order valence-corrected chi connectivity index (χ4v) is 8.56. The zero-order valence-corrected chi connectivity index (χ0v) is 28.3. The Morgan fingerprint density at radius 1 is 0.957 bits per heavy atom. The molecule has 2 atom stereocenters. The van der Waals surface area contributed by atoms with Crippen molar-refractivity contribution in [3.63, 3.8) is 0 Å². The number of thioether (sulfide) groups is 2. The van der Waals surface area contributed by atoms with Crippen molar-refractivity contribution in [3.8, 4) is 0 Å². The van der Waals surface area contributed by atoms with Gasteiger partial charge in [0.2, 0.25) is 0 Å². The number of allylic oxidation sites excluding steroid dienone is 1. The lowest BCUT2D eigenvalue weighted by molar-refractivity contribution is -0.153. The second kappa shape index (κ2) is 13.8. The highest BCUT2D eigenvalue weighted by Crippen LogP contribution is 2.42. The van der Waals surface area contributed by atoms with Gasteiger partial charge in [0.1, 0.15) is 22.7 Å². The van der Waals surface area contributed by atoms with Crippen LogP contribution in [0.4, 0.5) is 4.79 Å². The molecule has 1 N–H and O–H groups in total. The van der Waals surface area contributed by atoms with E-state index in [2.05, 4.69) is 5.32 Å². The second-order valence-electron chi connectivity index (χ2n) is 11.9. The molecule has 0 spiro atoms. The predicted molar refractivity (Wildman–Crippen MR) is 187 cm³/mol. The molecule has 3 aromatic carbocycles. The van der Waals surface area contributed by atoms with Crippen LogP contribution in [0, 0.1) is 0 Å². The van der Waals surface area contributed by atoms with Crippen molar-refractivity contribution in [1.82, 2.24) is 10.2 Å². The van der Waals surface area contributed by atoms with Gasteiger partial charge in [-0.15, -0.1) is 23.1 Å². The zero-order chi connectivity index (χ0) is 33.1. The van der Waals surface area contributed by atoms with Crippen LogP contribution in [0.25, 0.3) is 10.1 Å². The number of fused-ring (bicyclic) bond motifs is 2. The Morgan fingerprint density at radius 3 is 2.26 bits per heavy atom. The van der Waals surface area contributed by atoms with Crippen LogP contribution in [0.3, 0.4) is 0 Å². The van der Waals surface area contributed by atoms with Crippen molar-refractivity contribution >= 4 is 62.9 Å². The first-order valence-electron chi connectivity index (χ1n) is 14.9. The summed E-state index contributed by atoms with van der Waals surface area (Å²) in [5, 5.41) is 4.65. The summed E-state index contributed by atoms with van der Waals surface area (Å²) in [5.74, 6) is -0.697. The molecule has 0 saturated carbocycles. The second-order valence-corrected chi connectivity index (χ2v) is 15.3. The molecule has 8 nitrogen and oxygen atoms in total. The van der Waals surface area contributed by atoms with Crippen LogP contribution in [0.5, 0.6) is 0 Å². The third kappa shape index (κ3) is 7.32. The average Bonchev–Trinajstić information content (AvgIpc) is 3.05. The molecule has 0 radical (unpaired) electrons. The number of hydrogen-bond donors (Lipinski definition) is 1. The van der Waals surface area contributed by atoms with Crippen LogP contribution in [0.2, 0.25) is 0 Å². The smallest absolute Gasteiger partial charge is 0.408 e. The van der Waals surface area contributed by atoms with E-state index < -0.39 is 41.1 Å². The Bertz CT molecular complexity index is 1900. The number of alkyl carbamates (subject to hydrolysis) is 1. The number of nitrogens with one attached hydrogen (secondary N) is 1.